The summed E-state index contributed by atoms with van der Waals surface area (Å²) >= 11 is 0. The molecule has 5 nitrogen and oxygen atoms in total. The number of alkyl halides is 3. The average Bonchev–Trinajstić information content (AvgIpc) is 2.83. The van der Waals surface area contributed by atoms with Gasteiger partial charge in [-0.2, -0.15) is 13.2 Å². The molecule has 1 atom stereocenters. The predicted molar refractivity (Wildman–Crippen MR) is 77.6 cm³/mol. The molecule has 8 heteroatoms. The molecule has 2 heterocycles. The lowest BCUT2D eigenvalue weighted by Crippen LogP contribution is -2.55. The fourth-order valence-electron chi connectivity index (χ4n) is 3.01. The van der Waals surface area contributed by atoms with Crippen LogP contribution in [0.25, 0.3) is 0 Å². The van der Waals surface area contributed by atoms with Gasteiger partial charge in [-0.25, -0.2) is 4.68 Å². The number of tetrazole rings is 1. The van der Waals surface area contributed by atoms with Gasteiger partial charge in [0.15, 0.2) is 11.4 Å². The Labute approximate surface area is 131 Å². The van der Waals surface area contributed by atoms with E-state index in [9.17, 15) is 13.2 Å². The Morgan fingerprint density at radius 1 is 1.13 bits per heavy atom. The van der Waals surface area contributed by atoms with Crippen molar-refractivity contribution in [3.05, 3.63) is 41.7 Å². The lowest BCUT2D eigenvalue weighted by molar-refractivity contribution is -0.206. The number of nitrogens with zero attached hydrogens (tertiary/aromatic N) is 4. The molecular formula is C15H18F3N5. The fraction of sp³-hybridized carbons (Fsp3) is 0.533. The molecule has 1 N–H and O–H groups in total. The van der Waals surface area contributed by atoms with Crippen LogP contribution in [-0.2, 0) is 12.1 Å². The summed E-state index contributed by atoms with van der Waals surface area (Å²) in [4.78, 5) is 0. The average molecular weight is 325 g/mol. The Bertz CT molecular complexity index is 630. The second-order valence-corrected chi connectivity index (χ2v) is 5.79. The van der Waals surface area contributed by atoms with Crippen molar-refractivity contribution in [3.8, 4) is 0 Å². The van der Waals surface area contributed by atoms with Gasteiger partial charge in [-0.15, -0.1) is 5.10 Å². The lowest BCUT2D eigenvalue weighted by Gasteiger charge is -2.34. The lowest BCUT2D eigenvalue weighted by atomic mass is 9.91. The van der Waals surface area contributed by atoms with Gasteiger partial charge in [0.1, 0.15) is 0 Å². The van der Waals surface area contributed by atoms with Crippen molar-refractivity contribution in [3.63, 3.8) is 0 Å². The molecule has 0 bridgehead atoms. The van der Waals surface area contributed by atoms with Crippen LogP contribution in [0.5, 0.6) is 0 Å². The van der Waals surface area contributed by atoms with E-state index in [1.54, 1.807) is 0 Å². The zero-order valence-corrected chi connectivity index (χ0v) is 12.6. The molecule has 3 rings (SSSR count). The van der Waals surface area contributed by atoms with Crippen LogP contribution in [-0.4, -0.2) is 32.9 Å². The highest BCUT2D eigenvalue weighted by Crippen LogP contribution is 2.42. The molecule has 1 aliphatic heterocycles. The van der Waals surface area contributed by atoms with Gasteiger partial charge >= 0.3 is 6.18 Å². The summed E-state index contributed by atoms with van der Waals surface area (Å²) in [5, 5.41) is 13.7. The predicted octanol–water partition coefficient (Wildman–Crippen LogP) is 2.64. The molecule has 1 fully saturated rings. The van der Waals surface area contributed by atoms with Crippen molar-refractivity contribution >= 4 is 0 Å². The minimum absolute atomic E-state index is 0.0499. The first-order chi connectivity index (χ1) is 11.0. The second kappa shape index (κ2) is 6.27. The van der Waals surface area contributed by atoms with E-state index in [1.807, 2.05) is 30.3 Å². The third-order valence-electron chi connectivity index (χ3n) is 4.23. The fourth-order valence-corrected chi connectivity index (χ4v) is 3.01. The summed E-state index contributed by atoms with van der Waals surface area (Å²) in [5.74, 6) is -0.157. The van der Waals surface area contributed by atoms with Gasteiger partial charge < -0.3 is 0 Å². The summed E-state index contributed by atoms with van der Waals surface area (Å²) in [6.45, 7) is 0.514. The second-order valence-electron chi connectivity index (χ2n) is 5.79. The highest BCUT2D eigenvalue weighted by Gasteiger charge is 2.58. The van der Waals surface area contributed by atoms with E-state index < -0.39 is 11.7 Å². The van der Waals surface area contributed by atoms with Crippen molar-refractivity contribution in [2.24, 2.45) is 0 Å². The molecule has 0 radical (unpaired) electrons. The molecule has 2 aromatic rings. The Kier molecular flexibility index (Phi) is 4.34. The molecule has 1 aliphatic rings. The number of benzene rings is 1. The first-order valence-corrected chi connectivity index (χ1v) is 7.65. The van der Waals surface area contributed by atoms with Crippen molar-refractivity contribution in [1.29, 1.82) is 0 Å². The highest BCUT2D eigenvalue weighted by atomic mass is 19.4. The van der Waals surface area contributed by atoms with E-state index >= 15 is 0 Å². The van der Waals surface area contributed by atoms with Gasteiger partial charge in [-0.05, 0) is 35.4 Å². The molecule has 0 aliphatic carbocycles. The normalized spacial score (nSPS) is 22.7. The Morgan fingerprint density at radius 2 is 1.91 bits per heavy atom. The standard InChI is InChI=1S/C15H18F3N5/c16-15(17,18)14(9-5-2-6-10-19-14)13-20-21-22-23(13)11-12-7-3-1-4-8-12/h1,3-4,7-8,19H,2,5-6,9-11H2. The van der Waals surface area contributed by atoms with Crippen LogP contribution < -0.4 is 5.32 Å². The summed E-state index contributed by atoms with van der Waals surface area (Å²) in [6, 6.07) is 9.21. The molecule has 1 aromatic carbocycles. The molecule has 1 unspecified atom stereocenters. The first-order valence-electron chi connectivity index (χ1n) is 7.65. The van der Waals surface area contributed by atoms with Gasteiger partial charge in [0.2, 0.25) is 0 Å². The number of halogens is 3. The van der Waals surface area contributed by atoms with E-state index in [4.69, 9.17) is 0 Å². The largest absolute Gasteiger partial charge is 0.413 e. The first kappa shape index (κ1) is 15.9. The molecule has 23 heavy (non-hydrogen) atoms. The van der Waals surface area contributed by atoms with Crippen LogP contribution in [0, 0.1) is 0 Å². The van der Waals surface area contributed by atoms with Crippen LogP contribution in [0.2, 0.25) is 0 Å². The Balaban J connectivity index is 1.99. The number of rotatable bonds is 3. The summed E-state index contributed by atoms with van der Waals surface area (Å²) in [5.41, 5.74) is -1.33. The van der Waals surface area contributed by atoms with Crippen LogP contribution in [0.15, 0.2) is 30.3 Å². The molecule has 124 valence electrons. The Hall–Kier alpha value is -1.96. The zero-order chi connectivity index (χ0) is 16.3. The third kappa shape index (κ3) is 3.08. The SMILES string of the molecule is FC(F)(F)C1(c2nnnn2Cc2ccccc2)CCCCCN1. The maximum Gasteiger partial charge on any atom is 0.413 e. The molecular weight excluding hydrogens is 307 g/mol. The van der Waals surface area contributed by atoms with Crippen molar-refractivity contribution < 1.29 is 13.2 Å². The van der Waals surface area contributed by atoms with Crippen LogP contribution in [0.4, 0.5) is 13.2 Å². The number of hydrogen-bond acceptors (Lipinski definition) is 4. The number of hydrogen-bond donors (Lipinski definition) is 1. The number of aromatic nitrogens is 4. The minimum Gasteiger partial charge on any atom is -0.297 e. The van der Waals surface area contributed by atoms with E-state index in [2.05, 4.69) is 20.8 Å². The van der Waals surface area contributed by atoms with Crippen molar-refractivity contribution in [2.75, 3.05) is 6.54 Å². The molecule has 1 aromatic heterocycles. The smallest absolute Gasteiger partial charge is 0.297 e. The molecule has 0 saturated carbocycles. The summed E-state index contributed by atoms with van der Waals surface area (Å²) in [6.07, 6.45) is -2.53. The van der Waals surface area contributed by atoms with E-state index in [-0.39, 0.29) is 18.8 Å². The minimum atomic E-state index is -4.46. The highest BCUT2D eigenvalue weighted by molar-refractivity contribution is 5.17. The van der Waals surface area contributed by atoms with Crippen molar-refractivity contribution in [1.82, 2.24) is 25.5 Å². The monoisotopic (exact) mass is 325 g/mol. The molecule has 0 spiro atoms. The summed E-state index contributed by atoms with van der Waals surface area (Å²) in [7, 11) is 0. The zero-order valence-electron chi connectivity index (χ0n) is 12.6. The quantitative estimate of drug-likeness (QED) is 0.942. The van der Waals surface area contributed by atoms with Gasteiger partial charge in [-0.1, -0.05) is 43.2 Å². The molecule has 1 saturated heterocycles. The van der Waals surface area contributed by atoms with E-state index in [0.717, 1.165) is 18.4 Å². The number of nitrogens with one attached hydrogen (secondary N) is 1. The van der Waals surface area contributed by atoms with Gasteiger partial charge in [0.05, 0.1) is 6.54 Å². The van der Waals surface area contributed by atoms with E-state index in [0.29, 0.717) is 13.0 Å². The van der Waals surface area contributed by atoms with E-state index in [1.165, 1.54) is 4.68 Å². The van der Waals surface area contributed by atoms with Gasteiger partial charge in [0.25, 0.3) is 0 Å². The summed E-state index contributed by atoms with van der Waals surface area (Å²) < 4.78 is 42.9. The molecule has 0 amide bonds. The maximum atomic E-state index is 13.9. The maximum absolute atomic E-state index is 13.9. The van der Waals surface area contributed by atoms with Crippen molar-refractivity contribution in [2.45, 2.75) is 43.9 Å². The third-order valence-corrected chi connectivity index (χ3v) is 4.23. The van der Waals surface area contributed by atoms with Gasteiger partial charge in [-0.3, -0.25) is 5.32 Å². The topological polar surface area (TPSA) is 55.6 Å². The van der Waals surface area contributed by atoms with Crippen LogP contribution >= 0.6 is 0 Å². The van der Waals surface area contributed by atoms with Crippen LogP contribution in [0.1, 0.15) is 37.1 Å². The van der Waals surface area contributed by atoms with Crippen LogP contribution in [0.3, 0.4) is 0 Å². The Morgan fingerprint density at radius 3 is 2.65 bits per heavy atom. The van der Waals surface area contributed by atoms with Gasteiger partial charge in [0, 0.05) is 0 Å².